The van der Waals surface area contributed by atoms with Gasteiger partial charge in [-0.05, 0) is 69.5 Å². The quantitative estimate of drug-likeness (QED) is 0.712. The number of aryl methyl sites for hydroxylation is 1. The number of methoxy groups -OCH3 is 1. The molecule has 1 N–H and O–H groups in total. The molecule has 0 saturated carbocycles. The Balaban J connectivity index is 2.31. The fourth-order valence-electron chi connectivity index (χ4n) is 2.11. The van der Waals surface area contributed by atoms with Crippen LogP contribution in [0.4, 0.5) is 5.69 Å². The summed E-state index contributed by atoms with van der Waals surface area (Å²) in [6.45, 7) is 4.19. The number of rotatable bonds is 4. The maximum atomic E-state index is 5.48. The minimum absolute atomic E-state index is 0.139. The van der Waals surface area contributed by atoms with Crippen molar-refractivity contribution in [1.82, 2.24) is 0 Å². The van der Waals surface area contributed by atoms with E-state index in [0.29, 0.717) is 0 Å². The number of hydrogen-bond donors (Lipinski definition) is 1. The van der Waals surface area contributed by atoms with Gasteiger partial charge in [-0.3, -0.25) is 0 Å². The summed E-state index contributed by atoms with van der Waals surface area (Å²) < 4.78 is 7.55. The molecule has 106 valence electrons. The van der Waals surface area contributed by atoms with Crippen molar-refractivity contribution in [2.45, 2.75) is 19.9 Å². The van der Waals surface area contributed by atoms with Gasteiger partial charge in [0.25, 0.3) is 0 Å². The Kier molecular flexibility index (Phi) is 5.11. The van der Waals surface area contributed by atoms with Crippen LogP contribution in [0.25, 0.3) is 0 Å². The maximum absolute atomic E-state index is 5.48. The smallest absolute Gasteiger partial charge is 0.124 e. The molecule has 0 aliphatic carbocycles. The Labute approximate surface area is 136 Å². The highest BCUT2D eigenvalue weighted by atomic mass is 79.9. The predicted molar refractivity (Wildman–Crippen MR) is 91.6 cm³/mol. The molecule has 0 aliphatic rings. The fraction of sp³-hybridized carbons (Fsp3) is 0.250. The largest absolute Gasteiger partial charge is 0.496 e. The number of hydrogen-bond acceptors (Lipinski definition) is 2. The standard InChI is InChI=1S/C16H17Br2NO/c1-10-7-8-12(15(9-10)20-3)11(2)19-16-13(17)5-4-6-14(16)18/h4-9,11,19H,1-3H3. The number of para-hydroxylation sites is 1. The Morgan fingerprint density at radius 3 is 2.35 bits per heavy atom. The van der Waals surface area contributed by atoms with Crippen molar-refractivity contribution >= 4 is 37.5 Å². The first-order valence-corrected chi connectivity index (χ1v) is 7.96. The number of halogens is 2. The van der Waals surface area contributed by atoms with Crippen molar-refractivity contribution in [3.8, 4) is 5.75 Å². The average Bonchev–Trinajstić information content (AvgIpc) is 2.42. The second kappa shape index (κ2) is 6.64. The summed E-state index contributed by atoms with van der Waals surface area (Å²) in [5.41, 5.74) is 3.38. The van der Waals surface area contributed by atoms with Gasteiger partial charge in [0.15, 0.2) is 0 Å². The Hall–Kier alpha value is -1.000. The molecule has 0 amide bonds. The third kappa shape index (κ3) is 3.36. The van der Waals surface area contributed by atoms with E-state index in [-0.39, 0.29) is 6.04 Å². The molecule has 0 bridgehead atoms. The van der Waals surface area contributed by atoms with Gasteiger partial charge in [0.2, 0.25) is 0 Å². The highest BCUT2D eigenvalue weighted by Gasteiger charge is 2.14. The SMILES string of the molecule is COc1cc(C)ccc1C(C)Nc1c(Br)cccc1Br. The van der Waals surface area contributed by atoms with Crippen LogP contribution in [0.2, 0.25) is 0 Å². The summed E-state index contributed by atoms with van der Waals surface area (Å²) in [6, 6.07) is 12.4. The Morgan fingerprint density at radius 2 is 1.75 bits per heavy atom. The first-order chi connectivity index (χ1) is 9.52. The normalized spacial score (nSPS) is 12.1. The predicted octanol–water partition coefficient (Wildman–Crippen LogP) is 5.70. The number of ether oxygens (including phenoxy) is 1. The molecular formula is C16H17Br2NO. The van der Waals surface area contributed by atoms with Gasteiger partial charge in [-0.2, -0.15) is 0 Å². The van der Waals surface area contributed by atoms with Crippen LogP contribution in [-0.2, 0) is 0 Å². The monoisotopic (exact) mass is 397 g/mol. The summed E-state index contributed by atoms with van der Waals surface area (Å²) in [5, 5.41) is 3.52. The zero-order chi connectivity index (χ0) is 14.7. The van der Waals surface area contributed by atoms with Crippen molar-refractivity contribution in [3.05, 3.63) is 56.5 Å². The lowest BCUT2D eigenvalue weighted by molar-refractivity contribution is 0.407. The molecule has 0 aromatic heterocycles. The number of benzene rings is 2. The first-order valence-electron chi connectivity index (χ1n) is 6.38. The number of anilines is 1. The summed E-state index contributed by atoms with van der Waals surface area (Å²) >= 11 is 7.14. The third-order valence-corrected chi connectivity index (χ3v) is 4.50. The van der Waals surface area contributed by atoms with Crippen LogP contribution < -0.4 is 10.1 Å². The van der Waals surface area contributed by atoms with Crippen LogP contribution in [0.1, 0.15) is 24.1 Å². The molecule has 0 spiro atoms. The van der Waals surface area contributed by atoms with Gasteiger partial charge in [-0.25, -0.2) is 0 Å². The van der Waals surface area contributed by atoms with Gasteiger partial charge < -0.3 is 10.1 Å². The maximum Gasteiger partial charge on any atom is 0.124 e. The molecule has 2 nitrogen and oxygen atoms in total. The molecule has 2 rings (SSSR count). The van der Waals surface area contributed by atoms with Crippen LogP contribution in [0.3, 0.4) is 0 Å². The molecule has 0 heterocycles. The fourth-order valence-corrected chi connectivity index (χ4v) is 3.33. The number of nitrogens with one attached hydrogen (secondary N) is 1. The van der Waals surface area contributed by atoms with Crippen molar-refractivity contribution in [3.63, 3.8) is 0 Å². The zero-order valence-electron chi connectivity index (χ0n) is 11.7. The third-order valence-electron chi connectivity index (χ3n) is 3.18. The molecule has 1 atom stereocenters. The van der Waals surface area contributed by atoms with Crippen molar-refractivity contribution in [2.24, 2.45) is 0 Å². The molecule has 0 radical (unpaired) electrons. The molecular weight excluding hydrogens is 382 g/mol. The molecule has 0 aliphatic heterocycles. The molecule has 0 saturated heterocycles. The lowest BCUT2D eigenvalue weighted by atomic mass is 10.0. The van der Waals surface area contributed by atoms with Gasteiger partial charge in [0.1, 0.15) is 5.75 Å². The van der Waals surface area contributed by atoms with Gasteiger partial charge in [0, 0.05) is 14.5 Å². The van der Waals surface area contributed by atoms with E-state index < -0.39 is 0 Å². The van der Waals surface area contributed by atoms with E-state index in [1.165, 1.54) is 5.56 Å². The van der Waals surface area contributed by atoms with Crippen molar-refractivity contribution in [2.75, 3.05) is 12.4 Å². The summed E-state index contributed by atoms with van der Waals surface area (Å²) in [4.78, 5) is 0. The van der Waals surface area contributed by atoms with Gasteiger partial charge in [-0.15, -0.1) is 0 Å². The van der Waals surface area contributed by atoms with E-state index >= 15 is 0 Å². The molecule has 2 aromatic rings. The van der Waals surface area contributed by atoms with Crippen LogP contribution in [0.5, 0.6) is 5.75 Å². The highest BCUT2D eigenvalue weighted by Crippen LogP contribution is 2.35. The summed E-state index contributed by atoms with van der Waals surface area (Å²) in [5.74, 6) is 0.910. The lowest BCUT2D eigenvalue weighted by Gasteiger charge is -2.20. The van der Waals surface area contributed by atoms with E-state index in [2.05, 4.69) is 69.2 Å². The summed E-state index contributed by atoms with van der Waals surface area (Å²) in [6.07, 6.45) is 0. The molecule has 1 unspecified atom stereocenters. The van der Waals surface area contributed by atoms with Gasteiger partial charge in [0.05, 0.1) is 18.8 Å². The molecule has 4 heteroatoms. The van der Waals surface area contributed by atoms with Crippen molar-refractivity contribution in [1.29, 1.82) is 0 Å². The lowest BCUT2D eigenvalue weighted by Crippen LogP contribution is -2.09. The Morgan fingerprint density at radius 1 is 1.10 bits per heavy atom. The van der Waals surface area contributed by atoms with E-state index in [9.17, 15) is 0 Å². The van der Waals surface area contributed by atoms with Gasteiger partial charge in [-0.1, -0.05) is 18.2 Å². The minimum Gasteiger partial charge on any atom is -0.496 e. The Bertz CT molecular complexity index is 593. The second-order valence-corrected chi connectivity index (χ2v) is 6.42. The van der Waals surface area contributed by atoms with Crippen LogP contribution in [-0.4, -0.2) is 7.11 Å². The van der Waals surface area contributed by atoms with Crippen LogP contribution in [0.15, 0.2) is 45.3 Å². The van der Waals surface area contributed by atoms with E-state index in [1.54, 1.807) is 7.11 Å². The topological polar surface area (TPSA) is 21.3 Å². The summed E-state index contributed by atoms with van der Waals surface area (Å²) in [7, 11) is 1.71. The molecule has 20 heavy (non-hydrogen) atoms. The minimum atomic E-state index is 0.139. The van der Waals surface area contributed by atoms with Crippen LogP contribution in [0, 0.1) is 6.92 Å². The zero-order valence-corrected chi connectivity index (χ0v) is 14.9. The van der Waals surface area contributed by atoms with E-state index in [4.69, 9.17) is 4.74 Å². The van der Waals surface area contributed by atoms with Crippen LogP contribution >= 0.6 is 31.9 Å². The molecule has 2 aromatic carbocycles. The first kappa shape index (κ1) is 15.4. The highest BCUT2D eigenvalue weighted by molar-refractivity contribution is 9.11. The van der Waals surface area contributed by atoms with Gasteiger partial charge >= 0.3 is 0 Å². The molecule has 0 fully saturated rings. The van der Waals surface area contributed by atoms with Crippen molar-refractivity contribution < 1.29 is 4.74 Å². The average molecular weight is 399 g/mol. The van der Waals surface area contributed by atoms with E-state index in [0.717, 1.165) is 25.9 Å². The second-order valence-electron chi connectivity index (χ2n) is 4.71. The van der Waals surface area contributed by atoms with E-state index in [1.807, 2.05) is 18.2 Å².